The second-order valence-corrected chi connectivity index (χ2v) is 6.69. The molecule has 0 aromatic carbocycles. The molecule has 20 heavy (non-hydrogen) atoms. The highest BCUT2D eigenvalue weighted by atomic mass is 32.2. The smallest absolute Gasteiger partial charge is 0.340 e. The van der Waals surface area contributed by atoms with Gasteiger partial charge in [0.1, 0.15) is 0 Å². The first-order valence-corrected chi connectivity index (χ1v) is 8.11. The molecule has 0 bridgehead atoms. The number of hydrogen-bond donors (Lipinski definition) is 1. The topological polar surface area (TPSA) is 32.3 Å². The van der Waals surface area contributed by atoms with Crippen molar-refractivity contribution in [1.29, 1.82) is 0 Å². The molecule has 0 aromatic heterocycles. The highest BCUT2D eigenvalue weighted by molar-refractivity contribution is 7.99. The molecule has 7 heteroatoms. The monoisotopic (exact) mass is 312 g/mol. The van der Waals surface area contributed by atoms with Gasteiger partial charge in [-0.15, -0.1) is 0 Å². The van der Waals surface area contributed by atoms with Gasteiger partial charge in [-0.2, -0.15) is 24.9 Å². The van der Waals surface area contributed by atoms with Gasteiger partial charge in [0.25, 0.3) is 0 Å². The van der Waals surface area contributed by atoms with Crippen molar-refractivity contribution in [2.45, 2.75) is 38.9 Å². The molecule has 1 aliphatic heterocycles. The van der Waals surface area contributed by atoms with Crippen LogP contribution in [0.4, 0.5) is 13.2 Å². The quantitative estimate of drug-likeness (QED) is 0.846. The Balaban J connectivity index is 2.62. The van der Waals surface area contributed by atoms with E-state index in [0.717, 1.165) is 17.9 Å². The molecule has 0 spiro atoms. The zero-order chi connectivity index (χ0) is 15.2. The fourth-order valence-corrected chi connectivity index (χ4v) is 3.06. The van der Waals surface area contributed by atoms with Crippen LogP contribution in [-0.2, 0) is 4.79 Å². The first-order valence-electron chi connectivity index (χ1n) is 6.96. The van der Waals surface area contributed by atoms with Crippen molar-refractivity contribution in [3.8, 4) is 0 Å². The maximum Gasteiger partial charge on any atom is 0.401 e. The number of thioether (sulfide) groups is 1. The van der Waals surface area contributed by atoms with Crippen LogP contribution in [0.25, 0.3) is 0 Å². The minimum absolute atomic E-state index is 0.172. The fraction of sp³-hybridized carbons (Fsp3) is 0.923. The lowest BCUT2D eigenvalue weighted by atomic mass is 10.0. The number of carbonyl (C=O) groups is 1. The van der Waals surface area contributed by atoms with Gasteiger partial charge in [-0.25, -0.2) is 0 Å². The van der Waals surface area contributed by atoms with Crippen molar-refractivity contribution in [3.05, 3.63) is 0 Å². The van der Waals surface area contributed by atoms with Crippen LogP contribution in [0.3, 0.4) is 0 Å². The molecule has 1 heterocycles. The van der Waals surface area contributed by atoms with Crippen molar-refractivity contribution in [3.63, 3.8) is 0 Å². The van der Waals surface area contributed by atoms with E-state index >= 15 is 0 Å². The fourth-order valence-electron chi connectivity index (χ4n) is 2.17. The van der Waals surface area contributed by atoms with Crippen LogP contribution in [0.1, 0.15) is 26.7 Å². The Labute approximate surface area is 122 Å². The third kappa shape index (κ3) is 6.83. The molecule has 1 saturated heterocycles. The van der Waals surface area contributed by atoms with Crippen LogP contribution < -0.4 is 5.32 Å². The number of alkyl halides is 3. The number of nitrogens with one attached hydrogen (secondary N) is 1. The van der Waals surface area contributed by atoms with E-state index in [-0.39, 0.29) is 11.8 Å². The number of hydrogen-bond acceptors (Lipinski definition) is 3. The van der Waals surface area contributed by atoms with Gasteiger partial charge in [-0.05, 0) is 24.5 Å². The summed E-state index contributed by atoms with van der Waals surface area (Å²) in [6, 6.07) is -0.736. The van der Waals surface area contributed by atoms with Crippen LogP contribution >= 0.6 is 11.8 Å². The molecule has 118 valence electrons. The maximum absolute atomic E-state index is 12.4. The van der Waals surface area contributed by atoms with Gasteiger partial charge in [0.2, 0.25) is 5.91 Å². The predicted molar refractivity (Wildman–Crippen MR) is 75.8 cm³/mol. The largest absolute Gasteiger partial charge is 0.401 e. The molecule has 1 rings (SSSR count). The SMILES string of the molecule is CC(C)C[C@H](NCC(F)(F)F)C(=O)N1CCCSCC1. The van der Waals surface area contributed by atoms with Crippen LogP contribution in [0.2, 0.25) is 0 Å². The molecular weight excluding hydrogens is 289 g/mol. The van der Waals surface area contributed by atoms with Gasteiger partial charge in [-0.1, -0.05) is 13.8 Å². The van der Waals surface area contributed by atoms with Gasteiger partial charge in [0, 0.05) is 18.8 Å². The van der Waals surface area contributed by atoms with Crippen molar-refractivity contribution < 1.29 is 18.0 Å². The summed E-state index contributed by atoms with van der Waals surface area (Å²) in [7, 11) is 0. The Morgan fingerprint density at radius 3 is 2.60 bits per heavy atom. The molecule has 3 nitrogen and oxygen atoms in total. The summed E-state index contributed by atoms with van der Waals surface area (Å²) >= 11 is 1.79. The summed E-state index contributed by atoms with van der Waals surface area (Å²) in [6.07, 6.45) is -2.95. The van der Waals surface area contributed by atoms with E-state index in [2.05, 4.69) is 5.32 Å². The van der Waals surface area contributed by atoms with Crippen molar-refractivity contribution in [1.82, 2.24) is 10.2 Å². The zero-order valence-corrected chi connectivity index (χ0v) is 12.8. The first kappa shape index (κ1) is 17.6. The average Bonchev–Trinajstić information content (AvgIpc) is 2.60. The molecule has 0 unspecified atom stereocenters. The normalized spacial score (nSPS) is 19.0. The molecule has 1 fully saturated rings. The molecule has 1 aliphatic rings. The number of carbonyl (C=O) groups excluding carboxylic acids is 1. The summed E-state index contributed by atoms with van der Waals surface area (Å²) < 4.78 is 37.0. The van der Waals surface area contributed by atoms with Gasteiger partial charge in [0.05, 0.1) is 12.6 Å². The number of nitrogens with zero attached hydrogens (tertiary/aromatic N) is 1. The molecule has 1 atom stereocenters. The summed E-state index contributed by atoms with van der Waals surface area (Å²) in [5, 5.41) is 2.39. The Hall–Kier alpha value is -0.430. The van der Waals surface area contributed by atoms with Crippen molar-refractivity contribution >= 4 is 17.7 Å². The lowest BCUT2D eigenvalue weighted by Gasteiger charge is -2.28. The Kier molecular flexibility index (Phi) is 7.15. The maximum atomic E-state index is 12.4. The third-order valence-corrected chi connectivity index (χ3v) is 4.14. The molecule has 0 saturated carbocycles. The lowest BCUT2D eigenvalue weighted by molar-refractivity contribution is -0.139. The Morgan fingerprint density at radius 1 is 1.30 bits per heavy atom. The lowest BCUT2D eigenvalue weighted by Crippen LogP contribution is -2.50. The van der Waals surface area contributed by atoms with Crippen LogP contribution in [0.5, 0.6) is 0 Å². The van der Waals surface area contributed by atoms with Crippen molar-refractivity contribution in [2.75, 3.05) is 31.1 Å². The molecule has 0 radical (unpaired) electrons. The molecule has 0 aromatic rings. The van der Waals surface area contributed by atoms with E-state index in [4.69, 9.17) is 0 Å². The van der Waals surface area contributed by atoms with E-state index in [1.807, 2.05) is 13.8 Å². The number of rotatable bonds is 5. The van der Waals surface area contributed by atoms with E-state index in [1.165, 1.54) is 0 Å². The molecule has 0 aliphatic carbocycles. The third-order valence-electron chi connectivity index (χ3n) is 3.09. The van der Waals surface area contributed by atoms with Crippen LogP contribution in [0, 0.1) is 5.92 Å². The summed E-state index contributed by atoms with van der Waals surface area (Å²) in [4.78, 5) is 14.1. The van der Waals surface area contributed by atoms with Crippen LogP contribution in [0.15, 0.2) is 0 Å². The summed E-state index contributed by atoms with van der Waals surface area (Å²) in [5.74, 6) is 1.85. The average molecular weight is 312 g/mol. The van der Waals surface area contributed by atoms with Gasteiger partial charge in [-0.3, -0.25) is 10.1 Å². The molecular formula is C13H23F3N2OS. The van der Waals surface area contributed by atoms with Gasteiger partial charge >= 0.3 is 6.18 Å². The highest BCUT2D eigenvalue weighted by Crippen LogP contribution is 2.16. The summed E-state index contributed by atoms with van der Waals surface area (Å²) in [6.45, 7) is 3.99. The van der Waals surface area contributed by atoms with E-state index in [9.17, 15) is 18.0 Å². The van der Waals surface area contributed by atoms with Gasteiger partial charge < -0.3 is 4.90 Å². The van der Waals surface area contributed by atoms with E-state index < -0.39 is 18.8 Å². The predicted octanol–water partition coefficient (Wildman–Crippen LogP) is 2.52. The zero-order valence-electron chi connectivity index (χ0n) is 12.0. The van der Waals surface area contributed by atoms with E-state index in [1.54, 1.807) is 16.7 Å². The number of amides is 1. The molecule has 1 N–H and O–H groups in total. The standard InChI is InChI=1S/C13H23F3N2OS/c1-10(2)8-11(17-9-13(14,15)16)12(19)18-4-3-6-20-7-5-18/h10-11,17H,3-9H2,1-2H3/t11-/m0/s1. The number of halogens is 3. The second kappa shape index (κ2) is 8.12. The van der Waals surface area contributed by atoms with Crippen LogP contribution in [-0.4, -0.2) is 54.2 Å². The summed E-state index contributed by atoms with van der Waals surface area (Å²) in [5.41, 5.74) is 0. The minimum Gasteiger partial charge on any atom is -0.340 e. The van der Waals surface area contributed by atoms with Crippen molar-refractivity contribution in [2.24, 2.45) is 5.92 Å². The Bertz CT molecular complexity index is 302. The minimum atomic E-state index is -4.29. The highest BCUT2D eigenvalue weighted by Gasteiger charge is 2.32. The van der Waals surface area contributed by atoms with E-state index in [0.29, 0.717) is 19.5 Å². The Morgan fingerprint density at radius 2 is 2.00 bits per heavy atom. The van der Waals surface area contributed by atoms with Gasteiger partial charge in [0.15, 0.2) is 0 Å². The second-order valence-electron chi connectivity index (χ2n) is 5.47. The first-order chi connectivity index (χ1) is 9.29. The molecule has 1 amide bonds.